The molecule has 1 fully saturated rings. The Balaban J connectivity index is 2.18. The molecule has 0 radical (unpaired) electrons. The Labute approximate surface area is 449 Å². The second kappa shape index (κ2) is 52.4. The quantitative estimate of drug-likeness (QED) is 0.0232. The Morgan fingerprint density at radius 2 is 0.808 bits per heavy atom. The van der Waals surface area contributed by atoms with Gasteiger partial charge in [-0.1, -0.05) is 288 Å². The Hall–Kier alpha value is -1.63. The van der Waals surface area contributed by atoms with Crippen molar-refractivity contribution in [1.82, 2.24) is 5.32 Å². The maximum atomic E-state index is 13.1. The fraction of sp³-hybridized carbons (Fsp3) is 0.889. The molecule has 1 rings (SSSR count). The molecular weight excluding hydrogens is 915 g/mol. The van der Waals surface area contributed by atoms with Crippen LogP contribution in [0.4, 0.5) is 0 Å². The van der Waals surface area contributed by atoms with E-state index in [4.69, 9.17) is 9.47 Å². The molecule has 8 atom stereocenters. The molecular formula is C63H119NO9. The first-order valence-corrected chi connectivity index (χ1v) is 31.3. The number of allylic oxidation sites excluding steroid dienone is 5. The van der Waals surface area contributed by atoms with Gasteiger partial charge in [-0.3, -0.25) is 4.79 Å². The van der Waals surface area contributed by atoms with E-state index in [9.17, 15) is 35.4 Å². The van der Waals surface area contributed by atoms with Gasteiger partial charge >= 0.3 is 0 Å². The Bertz CT molecular complexity index is 1260. The van der Waals surface area contributed by atoms with Crippen LogP contribution in [0, 0.1) is 0 Å². The van der Waals surface area contributed by atoms with Gasteiger partial charge in [0, 0.05) is 0 Å². The number of carbonyl (C=O) groups excluding carboxylic acids is 1. The Kier molecular flexibility index (Phi) is 49.8. The normalized spacial score (nSPS) is 19.7. The molecule has 73 heavy (non-hydrogen) atoms. The monoisotopic (exact) mass is 1030 g/mol. The van der Waals surface area contributed by atoms with Gasteiger partial charge < -0.3 is 45.4 Å². The number of hydrogen-bond donors (Lipinski definition) is 7. The van der Waals surface area contributed by atoms with Crippen molar-refractivity contribution in [3.8, 4) is 0 Å². The number of unbranched alkanes of at least 4 members (excludes halogenated alkanes) is 39. The van der Waals surface area contributed by atoms with Crippen LogP contribution in [0.3, 0.4) is 0 Å². The summed E-state index contributed by atoms with van der Waals surface area (Å²) in [5.74, 6) is -0.625. The van der Waals surface area contributed by atoms with Crippen molar-refractivity contribution < 1.29 is 44.9 Å². The van der Waals surface area contributed by atoms with E-state index >= 15 is 0 Å². The first-order valence-electron chi connectivity index (χ1n) is 31.3. The molecule has 0 spiro atoms. The number of amides is 1. The van der Waals surface area contributed by atoms with Crippen LogP contribution in [-0.4, -0.2) is 98.7 Å². The lowest BCUT2D eigenvalue weighted by atomic mass is 9.99. The average Bonchev–Trinajstić information content (AvgIpc) is 3.39. The van der Waals surface area contributed by atoms with E-state index in [-0.39, 0.29) is 6.61 Å². The molecule has 1 aliphatic rings. The molecule has 0 aromatic carbocycles. The minimum atomic E-state index is -1.62. The van der Waals surface area contributed by atoms with E-state index in [0.29, 0.717) is 19.3 Å². The van der Waals surface area contributed by atoms with E-state index < -0.39 is 61.5 Å². The maximum absolute atomic E-state index is 13.1. The van der Waals surface area contributed by atoms with Gasteiger partial charge in [-0.15, -0.1) is 0 Å². The van der Waals surface area contributed by atoms with Gasteiger partial charge in [0.15, 0.2) is 6.29 Å². The van der Waals surface area contributed by atoms with Crippen molar-refractivity contribution in [3.63, 3.8) is 0 Å². The van der Waals surface area contributed by atoms with Gasteiger partial charge in [-0.25, -0.2) is 0 Å². The van der Waals surface area contributed by atoms with Crippen molar-refractivity contribution >= 4 is 5.91 Å². The molecule has 10 nitrogen and oxygen atoms in total. The molecule has 8 unspecified atom stereocenters. The second-order valence-corrected chi connectivity index (χ2v) is 22.0. The van der Waals surface area contributed by atoms with Crippen molar-refractivity contribution in [2.45, 2.75) is 345 Å². The first-order chi connectivity index (χ1) is 35.8. The lowest BCUT2D eigenvalue weighted by molar-refractivity contribution is -0.302. The van der Waals surface area contributed by atoms with E-state index in [1.165, 1.54) is 218 Å². The summed E-state index contributed by atoms with van der Waals surface area (Å²) in [4.78, 5) is 13.1. The standard InChI is InChI=1S/C63H119NO9/c1-3-5-7-9-11-13-15-17-19-21-22-23-24-25-26-27-28-29-30-31-32-33-34-36-38-40-42-44-46-48-50-52-57(67)62(71)64-55(54-72-63-61(70)60(69)59(68)58(53-65)73-63)56(66)51-49-47-45-43-41-39-37-35-20-18-16-14-12-10-8-6-4-2/h20,35,41,43,49,51,55-61,63,65-70H,3-19,21-34,36-40,42,44-48,50,52-54H2,1-2H3,(H,64,71)/b35-20+,43-41+,51-49+. The number of ether oxygens (including phenoxy) is 2. The summed E-state index contributed by atoms with van der Waals surface area (Å²) in [6.45, 7) is 3.62. The summed E-state index contributed by atoms with van der Waals surface area (Å²) < 4.78 is 11.2. The third-order valence-electron chi connectivity index (χ3n) is 15.1. The van der Waals surface area contributed by atoms with Gasteiger partial charge in [-0.05, 0) is 44.9 Å². The van der Waals surface area contributed by atoms with Crippen molar-refractivity contribution in [2.75, 3.05) is 13.2 Å². The summed E-state index contributed by atoms with van der Waals surface area (Å²) in [6.07, 6.45) is 58.5. The summed E-state index contributed by atoms with van der Waals surface area (Å²) >= 11 is 0. The number of aliphatic hydroxyl groups is 6. The third kappa shape index (κ3) is 41.2. The number of hydrogen-bond acceptors (Lipinski definition) is 9. The van der Waals surface area contributed by atoms with Crippen LogP contribution in [0.1, 0.15) is 296 Å². The fourth-order valence-electron chi connectivity index (χ4n) is 10.0. The SMILES string of the molecule is CCCCCCCCC/C=C/CC/C=C/CC/C=C/C(O)C(COC1OC(CO)C(O)C(O)C1O)NC(=O)C(O)CCCCCCCCCCCCCCCCCCCCCCCCCCCCCCCCC. The summed E-state index contributed by atoms with van der Waals surface area (Å²) in [7, 11) is 0. The molecule has 0 aromatic heterocycles. The number of aliphatic hydroxyl groups excluding tert-OH is 6. The van der Waals surface area contributed by atoms with Crippen molar-refractivity contribution in [1.29, 1.82) is 0 Å². The highest BCUT2D eigenvalue weighted by molar-refractivity contribution is 5.80. The lowest BCUT2D eigenvalue weighted by Crippen LogP contribution is -2.60. The highest BCUT2D eigenvalue weighted by atomic mass is 16.7. The molecule has 1 saturated heterocycles. The highest BCUT2D eigenvalue weighted by Crippen LogP contribution is 2.23. The third-order valence-corrected chi connectivity index (χ3v) is 15.1. The molecule has 0 saturated carbocycles. The van der Waals surface area contributed by atoms with Crippen LogP contribution < -0.4 is 5.32 Å². The molecule has 430 valence electrons. The van der Waals surface area contributed by atoms with Gasteiger partial charge in [0.2, 0.25) is 5.91 Å². The zero-order valence-electron chi connectivity index (χ0n) is 47.5. The number of nitrogens with one attached hydrogen (secondary N) is 1. The Morgan fingerprint density at radius 1 is 0.466 bits per heavy atom. The van der Waals surface area contributed by atoms with Crippen LogP contribution >= 0.6 is 0 Å². The van der Waals surface area contributed by atoms with Crippen LogP contribution in [0.2, 0.25) is 0 Å². The zero-order valence-corrected chi connectivity index (χ0v) is 47.5. The molecule has 7 N–H and O–H groups in total. The minimum Gasteiger partial charge on any atom is -0.394 e. The van der Waals surface area contributed by atoms with Crippen LogP contribution in [0.15, 0.2) is 36.5 Å². The van der Waals surface area contributed by atoms with Crippen molar-refractivity contribution in [3.05, 3.63) is 36.5 Å². The Morgan fingerprint density at radius 3 is 1.19 bits per heavy atom. The number of rotatable bonds is 54. The summed E-state index contributed by atoms with van der Waals surface area (Å²) in [5.41, 5.74) is 0. The molecule has 0 bridgehead atoms. The van der Waals surface area contributed by atoms with Crippen LogP contribution in [-0.2, 0) is 14.3 Å². The fourth-order valence-corrected chi connectivity index (χ4v) is 10.0. The van der Waals surface area contributed by atoms with Crippen LogP contribution in [0.25, 0.3) is 0 Å². The molecule has 1 aliphatic heterocycles. The molecule has 0 aliphatic carbocycles. The van der Waals surface area contributed by atoms with E-state index in [1.807, 2.05) is 6.08 Å². The van der Waals surface area contributed by atoms with Gasteiger partial charge in [0.25, 0.3) is 0 Å². The zero-order chi connectivity index (χ0) is 53.1. The smallest absolute Gasteiger partial charge is 0.249 e. The maximum Gasteiger partial charge on any atom is 0.249 e. The predicted octanol–water partition coefficient (Wildman–Crippen LogP) is 14.9. The van der Waals surface area contributed by atoms with E-state index in [1.54, 1.807) is 6.08 Å². The molecule has 10 heteroatoms. The topological polar surface area (TPSA) is 169 Å². The molecule has 1 heterocycles. The predicted molar refractivity (Wildman–Crippen MR) is 306 cm³/mol. The first kappa shape index (κ1) is 69.4. The van der Waals surface area contributed by atoms with Crippen LogP contribution in [0.5, 0.6) is 0 Å². The van der Waals surface area contributed by atoms with Gasteiger partial charge in [0.1, 0.15) is 30.5 Å². The highest BCUT2D eigenvalue weighted by Gasteiger charge is 2.44. The summed E-state index contributed by atoms with van der Waals surface area (Å²) in [6, 6.07) is -1.00. The van der Waals surface area contributed by atoms with E-state index in [2.05, 4.69) is 43.5 Å². The van der Waals surface area contributed by atoms with E-state index in [0.717, 1.165) is 44.9 Å². The van der Waals surface area contributed by atoms with Gasteiger partial charge in [0.05, 0.1) is 25.4 Å². The number of carbonyl (C=O) groups is 1. The minimum absolute atomic E-state index is 0.304. The largest absolute Gasteiger partial charge is 0.394 e. The summed E-state index contributed by atoms with van der Waals surface area (Å²) in [5, 5.41) is 65.1. The molecule has 0 aromatic rings. The second-order valence-electron chi connectivity index (χ2n) is 22.0. The van der Waals surface area contributed by atoms with Crippen molar-refractivity contribution in [2.24, 2.45) is 0 Å². The van der Waals surface area contributed by atoms with Gasteiger partial charge in [-0.2, -0.15) is 0 Å². The average molecular weight is 1030 g/mol. The lowest BCUT2D eigenvalue weighted by Gasteiger charge is -2.40. The molecule has 1 amide bonds.